The zero-order valence-electron chi connectivity index (χ0n) is 15.0. The lowest BCUT2D eigenvalue weighted by Gasteiger charge is -2.03. The molecular formula is C19H35NO3. The van der Waals surface area contributed by atoms with Gasteiger partial charge in [-0.1, -0.05) is 96.8 Å². The van der Waals surface area contributed by atoms with Gasteiger partial charge in [0.25, 0.3) is 6.08 Å². The molecule has 0 aromatic heterocycles. The van der Waals surface area contributed by atoms with Crippen LogP contribution in [0.25, 0.3) is 0 Å². The number of isocyanates is 1. The van der Waals surface area contributed by atoms with Gasteiger partial charge in [0, 0.05) is 11.6 Å². The molecule has 0 radical (unpaired) electrons. The van der Waals surface area contributed by atoms with Gasteiger partial charge in [-0.25, -0.2) is 9.59 Å². The maximum absolute atomic E-state index is 11.0. The summed E-state index contributed by atoms with van der Waals surface area (Å²) in [7, 11) is 0. The van der Waals surface area contributed by atoms with Crippen LogP contribution < -0.4 is 0 Å². The second-order valence-electron chi connectivity index (χ2n) is 6.35. The number of carbonyl (C=O) groups excluding carboxylic acids is 2. The van der Waals surface area contributed by atoms with Crippen molar-refractivity contribution in [1.29, 1.82) is 0 Å². The summed E-state index contributed by atoms with van der Waals surface area (Å²) in [5.74, 6) is -0.442. The lowest BCUT2D eigenvalue weighted by molar-refractivity contribution is -0.143. The Labute approximate surface area is 142 Å². The molecule has 0 aliphatic rings. The first-order chi connectivity index (χ1) is 11.3. The quantitative estimate of drug-likeness (QED) is 0.108. The van der Waals surface area contributed by atoms with E-state index in [2.05, 4.69) is 16.9 Å². The molecule has 0 N–H and O–H groups in total. The summed E-state index contributed by atoms with van der Waals surface area (Å²) in [5, 5.41) is 2.81. The van der Waals surface area contributed by atoms with Crippen LogP contribution in [-0.4, -0.2) is 12.0 Å². The van der Waals surface area contributed by atoms with Gasteiger partial charge in [-0.2, -0.15) is 0 Å². The van der Waals surface area contributed by atoms with Crippen LogP contribution in [0.2, 0.25) is 0 Å². The van der Waals surface area contributed by atoms with Gasteiger partial charge in [0.1, 0.15) is 0 Å². The number of hydrogen-bond donors (Lipinski definition) is 0. The number of nitrogens with zero attached hydrogens (tertiary/aromatic N) is 1. The van der Waals surface area contributed by atoms with E-state index < -0.39 is 5.97 Å². The molecule has 0 aromatic carbocycles. The normalized spacial score (nSPS) is 10.3. The van der Waals surface area contributed by atoms with Crippen LogP contribution in [0.1, 0.15) is 110 Å². The minimum atomic E-state index is -0.442. The Hall–Kier alpha value is -1.15. The highest BCUT2D eigenvalue weighted by Crippen LogP contribution is 2.13. The van der Waals surface area contributed by atoms with E-state index in [4.69, 9.17) is 0 Å². The van der Waals surface area contributed by atoms with Crippen LogP contribution in [0, 0.1) is 0 Å². The van der Waals surface area contributed by atoms with E-state index in [1.165, 1.54) is 89.6 Å². The molecule has 0 unspecified atom stereocenters. The predicted molar refractivity (Wildman–Crippen MR) is 93.8 cm³/mol. The first kappa shape index (κ1) is 21.9. The lowest BCUT2D eigenvalue weighted by Crippen LogP contribution is -1.98. The Balaban J connectivity index is 3.08. The van der Waals surface area contributed by atoms with Gasteiger partial charge in [-0.3, -0.25) is 0 Å². The Morgan fingerprint density at radius 3 is 1.52 bits per heavy atom. The van der Waals surface area contributed by atoms with Crippen molar-refractivity contribution in [1.82, 2.24) is 0 Å². The fourth-order valence-electron chi connectivity index (χ4n) is 2.76. The van der Waals surface area contributed by atoms with Crippen LogP contribution in [0.3, 0.4) is 0 Å². The average molecular weight is 325 g/mol. The van der Waals surface area contributed by atoms with Crippen molar-refractivity contribution >= 4 is 12.0 Å². The summed E-state index contributed by atoms with van der Waals surface area (Å²) in [6.45, 7) is 2.26. The Bertz CT molecular complexity index is 312. The van der Waals surface area contributed by atoms with Gasteiger partial charge in [0.05, 0.1) is 0 Å². The fraction of sp³-hybridized carbons (Fsp3) is 0.895. The molecular weight excluding hydrogens is 290 g/mol. The van der Waals surface area contributed by atoms with Gasteiger partial charge in [-0.05, 0) is 6.42 Å². The molecule has 0 fully saturated rings. The summed E-state index contributed by atoms with van der Waals surface area (Å²) >= 11 is 0. The zero-order valence-corrected chi connectivity index (χ0v) is 15.0. The van der Waals surface area contributed by atoms with Crippen molar-refractivity contribution in [3.63, 3.8) is 0 Å². The maximum Gasteiger partial charge on any atom is 0.336 e. The molecule has 4 nitrogen and oxygen atoms in total. The SMILES string of the molecule is CCCCCCCCCCCCCCCCCC(=O)ON=C=O. The molecule has 0 bridgehead atoms. The number of hydrogen-bond acceptors (Lipinski definition) is 4. The van der Waals surface area contributed by atoms with E-state index in [0.29, 0.717) is 6.42 Å². The molecule has 0 aliphatic heterocycles. The Morgan fingerprint density at radius 2 is 1.13 bits per heavy atom. The molecule has 4 heteroatoms. The molecule has 0 saturated carbocycles. The maximum atomic E-state index is 11.0. The van der Waals surface area contributed by atoms with E-state index in [1.54, 1.807) is 0 Å². The van der Waals surface area contributed by atoms with E-state index in [0.717, 1.165) is 12.8 Å². The summed E-state index contributed by atoms with van der Waals surface area (Å²) in [6, 6.07) is 0. The third kappa shape index (κ3) is 18.8. The average Bonchev–Trinajstić information content (AvgIpc) is 2.56. The monoisotopic (exact) mass is 325 g/mol. The van der Waals surface area contributed by atoms with Gasteiger partial charge >= 0.3 is 5.97 Å². The van der Waals surface area contributed by atoms with Crippen molar-refractivity contribution in [3.05, 3.63) is 0 Å². The fourth-order valence-corrected chi connectivity index (χ4v) is 2.76. The van der Waals surface area contributed by atoms with Crippen molar-refractivity contribution in [2.75, 3.05) is 0 Å². The zero-order chi connectivity index (χ0) is 17.0. The van der Waals surface area contributed by atoms with Crippen LogP contribution in [-0.2, 0) is 14.4 Å². The molecule has 23 heavy (non-hydrogen) atoms. The highest BCUT2D eigenvalue weighted by atomic mass is 16.7. The predicted octanol–water partition coefficient (Wildman–Crippen LogP) is 6.04. The second-order valence-corrected chi connectivity index (χ2v) is 6.35. The molecule has 0 amide bonds. The van der Waals surface area contributed by atoms with Gasteiger partial charge in [0.2, 0.25) is 0 Å². The van der Waals surface area contributed by atoms with Gasteiger partial charge in [-0.15, -0.1) is 0 Å². The van der Waals surface area contributed by atoms with Gasteiger partial charge in [0.15, 0.2) is 0 Å². The molecule has 134 valence electrons. The number of unbranched alkanes of at least 4 members (excludes halogenated alkanes) is 14. The number of rotatable bonds is 17. The van der Waals surface area contributed by atoms with Crippen LogP contribution >= 0.6 is 0 Å². The van der Waals surface area contributed by atoms with Crippen molar-refractivity contribution in [2.45, 2.75) is 110 Å². The minimum Gasteiger partial charge on any atom is -0.307 e. The first-order valence-corrected chi connectivity index (χ1v) is 9.58. The van der Waals surface area contributed by atoms with E-state index >= 15 is 0 Å². The third-order valence-electron chi connectivity index (χ3n) is 4.17. The van der Waals surface area contributed by atoms with E-state index in [-0.39, 0.29) is 0 Å². The van der Waals surface area contributed by atoms with Crippen molar-refractivity contribution in [3.8, 4) is 0 Å². The van der Waals surface area contributed by atoms with E-state index in [9.17, 15) is 9.59 Å². The highest BCUT2D eigenvalue weighted by molar-refractivity contribution is 5.69. The van der Waals surface area contributed by atoms with E-state index in [1.807, 2.05) is 0 Å². The third-order valence-corrected chi connectivity index (χ3v) is 4.17. The molecule has 0 heterocycles. The summed E-state index contributed by atoms with van der Waals surface area (Å²) in [5.41, 5.74) is 0. The standard InChI is InChI=1S/C19H35NO3/c1-2-3-4-5-6-7-8-9-10-11-12-13-14-15-16-17-19(22)23-20-18-21/h2-17H2,1H3. The van der Waals surface area contributed by atoms with Gasteiger partial charge < -0.3 is 4.84 Å². The topological polar surface area (TPSA) is 55.7 Å². The van der Waals surface area contributed by atoms with Crippen LogP contribution in [0.5, 0.6) is 0 Å². The molecule has 0 aromatic rings. The minimum absolute atomic E-state index is 0.337. The van der Waals surface area contributed by atoms with Crippen LogP contribution in [0.4, 0.5) is 0 Å². The number of carbonyl (C=O) groups is 1. The highest BCUT2D eigenvalue weighted by Gasteiger charge is 2.01. The molecule has 0 aliphatic carbocycles. The molecule has 0 saturated heterocycles. The van der Waals surface area contributed by atoms with Crippen molar-refractivity contribution in [2.24, 2.45) is 5.16 Å². The summed E-state index contributed by atoms with van der Waals surface area (Å²) in [4.78, 5) is 25.1. The largest absolute Gasteiger partial charge is 0.336 e. The molecule has 0 atom stereocenters. The summed E-state index contributed by atoms with van der Waals surface area (Å²) < 4.78 is 0. The lowest BCUT2D eigenvalue weighted by atomic mass is 10.0. The summed E-state index contributed by atoms with van der Waals surface area (Å²) in [6.07, 6.45) is 21.0. The smallest absolute Gasteiger partial charge is 0.307 e. The molecule has 0 spiro atoms. The Morgan fingerprint density at radius 1 is 0.739 bits per heavy atom. The first-order valence-electron chi connectivity index (χ1n) is 9.58. The Kier molecular flexibility index (Phi) is 18.0. The van der Waals surface area contributed by atoms with Crippen LogP contribution in [0.15, 0.2) is 5.16 Å². The second kappa shape index (κ2) is 18.9. The van der Waals surface area contributed by atoms with Crippen molar-refractivity contribution < 1.29 is 14.4 Å². The molecule has 0 rings (SSSR count).